The van der Waals surface area contributed by atoms with E-state index in [2.05, 4.69) is 0 Å². The van der Waals surface area contributed by atoms with Crippen LogP contribution in [0.2, 0.25) is 0 Å². The Balaban J connectivity index is 2.98. The van der Waals surface area contributed by atoms with Gasteiger partial charge < -0.3 is 15.3 Å². The number of aliphatic hydroxyl groups is 3. The van der Waals surface area contributed by atoms with Gasteiger partial charge in [-0.05, 0) is 0 Å². The Bertz CT molecular complexity index is 241. The maximum absolute atomic E-state index is 11.5. The number of imide groups is 1. The van der Waals surface area contributed by atoms with Gasteiger partial charge in [-0.25, -0.2) is 0 Å². The van der Waals surface area contributed by atoms with Crippen LogP contribution in [0.1, 0.15) is 0 Å². The molecule has 0 radical (unpaired) electrons. The number of nitrogens with zero attached hydrogens (tertiary/aromatic N) is 1. The molecular weight excluding hydrogens is 222 g/mol. The smallest absolute Gasteiger partial charge is 0.239 e. The highest BCUT2D eigenvalue weighted by atomic mass is 32.2. The molecule has 1 aliphatic heterocycles. The van der Waals surface area contributed by atoms with E-state index in [1.165, 1.54) is 11.8 Å². The van der Waals surface area contributed by atoms with Crippen LogP contribution in [0.3, 0.4) is 0 Å². The first-order valence-corrected chi connectivity index (χ1v) is 5.53. The van der Waals surface area contributed by atoms with Gasteiger partial charge in [0.15, 0.2) is 0 Å². The first kappa shape index (κ1) is 12.4. The third-order valence-corrected chi connectivity index (χ3v) is 3.21. The van der Waals surface area contributed by atoms with Gasteiger partial charge in [0.2, 0.25) is 11.8 Å². The molecule has 0 aliphatic carbocycles. The summed E-state index contributed by atoms with van der Waals surface area (Å²) in [5.41, 5.74) is -1.57. The van der Waals surface area contributed by atoms with E-state index in [0.29, 0.717) is 0 Å². The Labute approximate surface area is 90.9 Å². The summed E-state index contributed by atoms with van der Waals surface area (Å²) >= 11 is 1.18. The van der Waals surface area contributed by atoms with E-state index >= 15 is 0 Å². The number of carbonyl (C=O) groups excluding carboxylic acids is 2. The molecule has 15 heavy (non-hydrogen) atoms. The molecule has 2 amide bonds. The van der Waals surface area contributed by atoms with Crippen molar-refractivity contribution in [2.75, 3.05) is 31.3 Å². The van der Waals surface area contributed by atoms with Gasteiger partial charge in [-0.15, -0.1) is 11.8 Å². The Morgan fingerprint density at radius 2 is 1.47 bits per heavy atom. The largest absolute Gasteiger partial charge is 0.394 e. The van der Waals surface area contributed by atoms with Gasteiger partial charge in [-0.1, -0.05) is 0 Å². The van der Waals surface area contributed by atoms with Crippen molar-refractivity contribution in [3.8, 4) is 0 Å². The second kappa shape index (κ2) is 4.93. The SMILES string of the molecule is O=C1CSCC(=O)N1C(CO)(CO)CO. The highest BCUT2D eigenvalue weighted by Crippen LogP contribution is 2.22. The minimum atomic E-state index is -1.57. The molecule has 0 aromatic carbocycles. The zero-order valence-corrected chi connectivity index (χ0v) is 8.87. The topological polar surface area (TPSA) is 98.1 Å². The lowest BCUT2D eigenvalue weighted by atomic mass is 10.0. The van der Waals surface area contributed by atoms with Crippen LogP contribution in [0.4, 0.5) is 0 Å². The lowest BCUT2D eigenvalue weighted by Crippen LogP contribution is -2.63. The van der Waals surface area contributed by atoms with E-state index in [0.717, 1.165) is 4.90 Å². The average Bonchev–Trinajstić information content (AvgIpc) is 2.24. The van der Waals surface area contributed by atoms with E-state index in [1.54, 1.807) is 0 Å². The van der Waals surface area contributed by atoms with E-state index in [4.69, 9.17) is 15.3 Å². The summed E-state index contributed by atoms with van der Waals surface area (Å²) in [5.74, 6) is -0.747. The summed E-state index contributed by atoms with van der Waals surface area (Å²) in [6.45, 7) is -1.95. The minimum Gasteiger partial charge on any atom is -0.394 e. The normalized spacial score (nSPS) is 18.5. The molecule has 0 bridgehead atoms. The lowest BCUT2D eigenvalue weighted by Gasteiger charge is -2.40. The number of carbonyl (C=O) groups is 2. The lowest BCUT2D eigenvalue weighted by molar-refractivity contribution is -0.157. The number of hydrogen-bond acceptors (Lipinski definition) is 6. The van der Waals surface area contributed by atoms with E-state index < -0.39 is 37.2 Å². The third kappa shape index (κ3) is 2.15. The summed E-state index contributed by atoms with van der Waals surface area (Å²) in [7, 11) is 0. The zero-order valence-electron chi connectivity index (χ0n) is 8.05. The van der Waals surface area contributed by atoms with Crippen molar-refractivity contribution in [3.63, 3.8) is 0 Å². The van der Waals surface area contributed by atoms with Crippen LogP contribution in [0.25, 0.3) is 0 Å². The fraction of sp³-hybridized carbons (Fsp3) is 0.750. The standard InChI is InChI=1S/C8H13NO5S/c10-3-8(4-11,5-12)9-6(13)1-15-2-7(9)14/h10-12H,1-5H2. The molecule has 0 atom stereocenters. The van der Waals surface area contributed by atoms with Crippen LogP contribution >= 0.6 is 11.8 Å². The fourth-order valence-electron chi connectivity index (χ4n) is 1.39. The summed E-state index contributed by atoms with van der Waals surface area (Å²) in [5, 5.41) is 27.3. The van der Waals surface area contributed by atoms with Crippen molar-refractivity contribution in [2.45, 2.75) is 5.54 Å². The number of aliphatic hydroxyl groups excluding tert-OH is 3. The maximum Gasteiger partial charge on any atom is 0.239 e. The predicted octanol–water partition coefficient (Wildman–Crippen LogP) is -2.20. The van der Waals surface area contributed by atoms with Crippen LogP contribution in [-0.4, -0.2) is 68.9 Å². The molecule has 3 N–H and O–H groups in total. The average molecular weight is 235 g/mol. The monoisotopic (exact) mass is 235 g/mol. The molecule has 1 heterocycles. The fourth-order valence-corrected chi connectivity index (χ4v) is 2.09. The molecule has 86 valence electrons. The maximum atomic E-state index is 11.5. The van der Waals surface area contributed by atoms with Crippen molar-refractivity contribution in [3.05, 3.63) is 0 Å². The minimum absolute atomic E-state index is 0.119. The van der Waals surface area contributed by atoms with Crippen LogP contribution in [0.15, 0.2) is 0 Å². The molecule has 6 nitrogen and oxygen atoms in total. The first-order chi connectivity index (χ1) is 7.11. The summed E-state index contributed by atoms with van der Waals surface area (Å²) < 4.78 is 0. The molecule has 7 heteroatoms. The molecule has 0 spiro atoms. The number of hydrogen-bond donors (Lipinski definition) is 3. The molecule has 0 unspecified atom stereocenters. The van der Waals surface area contributed by atoms with Gasteiger partial charge in [0.25, 0.3) is 0 Å². The van der Waals surface area contributed by atoms with Crippen LogP contribution in [-0.2, 0) is 9.59 Å². The van der Waals surface area contributed by atoms with Crippen LogP contribution < -0.4 is 0 Å². The zero-order chi connectivity index (χ0) is 11.5. The summed E-state index contributed by atoms with van der Waals surface area (Å²) in [6.07, 6.45) is 0. The predicted molar refractivity (Wildman–Crippen MR) is 53.2 cm³/mol. The van der Waals surface area contributed by atoms with Crippen molar-refractivity contribution >= 4 is 23.6 Å². The molecule has 1 rings (SSSR count). The van der Waals surface area contributed by atoms with Crippen molar-refractivity contribution in [1.82, 2.24) is 4.90 Å². The second-order valence-corrected chi connectivity index (χ2v) is 4.30. The number of thioether (sulfide) groups is 1. The van der Waals surface area contributed by atoms with Crippen LogP contribution in [0, 0.1) is 0 Å². The summed E-state index contributed by atoms with van der Waals surface area (Å²) in [4.78, 5) is 23.7. The van der Waals surface area contributed by atoms with E-state index in [-0.39, 0.29) is 11.5 Å². The highest BCUT2D eigenvalue weighted by Gasteiger charge is 2.44. The Hall–Kier alpha value is -0.630. The number of amides is 2. The Morgan fingerprint density at radius 1 is 1.07 bits per heavy atom. The van der Waals surface area contributed by atoms with Crippen LogP contribution in [0.5, 0.6) is 0 Å². The molecular formula is C8H13NO5S. The second-order valence-electron chi connectivity index (χ2n) is 3.31. The van der Waals surface area contributed by atoms with Gasteiger partial charge in [0.1, 0.15) is 5.54 Å². The quantitative estimate of drug-likeness (QED) is 0.479. The summed E-state index contributed by atoms with van der Waals surface area (Å²) in [6, 6.07) is 0. The molecule has 1 saturated heterocycles. The third-order valence-electron chi connectivity index (χ3n) is 2.31. The molecule has 0 aromatic heterocycles. The molecule has 0 aromatic rings. The van der Waals surface area contributed by atoms with Gasteiger partial charge in [-0.2, -0.15) is 0 Å². The Kier molecular flexibility index (Phi) is 4.09. The van der Waals surface area contributed by atoms with Crippen molar-refractivity contribution in [1.29, 1.82) is 0 Å². The molecule has 1 aliphatic rings. The Morgan fingerprint density at radius 3 is 1.80 bits per heavy atom. The van der Waals surface area contributed by atoms with Crippen molar-refractivity contribution in [2.24, 2.45) is 0 Å². The molecule has 1 fully saturated rings. The van der Waals surface area contributed by atoms with E-state index in [1.807, 2.05) is 0 Å². The van der Waals surface area contributed by atoms with Gasteiger partial charge in [-0.3, -0.25) is 14.5 Å². The number of rotatable bonds is 4. The van der Waals surface area contributed by atoms with Gasteiger partial charge in [0.05, 0.1) is 31.3 Å². The van der Waals surface area contributed by atoms with Crippen molar-refractivity contribution < 1.29 is 24.9 Å². The van der Waals surface area contributed by atoms with E-state index in [9.17, 15) is 9.59 Å². The first-order valence-electron chi connectivity index (χ1n) is 4.37. The highest BCUT2D eigenvalue weighted by molar-refractivity contribution is 8.00. The van der Waals surface area contributed by atoms with Gasteiger partial charge in [0, 0.05) is 0 Å². The molecule has 0 saturated carbocycles. The van der Waals surface area contributed by atoms with Gasteiger partial charge >= 0.3 is 0 Å².